The zero-order valence-corrected chi connectivity index (χ0v) is 17.2. The highest BCUT2D eigenvalue weighted by Crippen LogP contribution is 2.40. The van der Waals surface area contributed by atoms with Crippen molar-refractivity contribution in [2.24, 2.45) is 5.92 Å². The lowest BCUT2D eigenvalue weighted by Gasteiger charge is -2.25. The van der Waals surface area contributed by atoms with Gasteiger partial charge < -0.3 is 14.7 Å². The van der Waals surface area contributed by atoms with Gasteiger partial charge in [-0.2, -0.15) is 13.2 Å². The highest BCUT2D eigenvalue weighted by Gasteiger charge is 2.37. The number of methoxy groups -OCH3 is 1. The number of ether oxygens (including phenoxy) is 1. The van der Waals surface area contributed by atoms with Gasteiger partial charge in [-0.15, -0.1) is 0 Å². The molecule has 1 aromatic heterocycles. The molecular formula is C22H23F3N2O4. The normalized spacial score (nSPS) is 13.7. The molecule has 1 saturated carbocycles. The molecule has 1 N–H and O–H groups in total. The molecule has 31 heavy (non-hydrogen) atoms. The predicted molar refractivity (Wildman–Crippen MR) is 106 cm³/mol. The molecule has 1 aliphatic carbocycles. The minimum absolute atomic E-state index is 0.0709. The number of carbonyl (C=O) groups is 2. The number of aromatic nitrogens is 1. The Bertz CT molecular complexity index is 987. The van der Waals surface area contributed by atoms with Crippen LogP contribution in [0.25, 0.3) is 11.1 Å². The maximum Gasteiger partial charge on any atom is 0.416 e. The number of rotatable bonds is 8. The van der Waals surface area contributed by atoms with Crippen LogP contribution in [0.3, 0.4) is 0 Å². The number of nitrogens with zero attached hydrogens (tertiary/aromatic N) is 2. The van der Waals surface area contributed by atoms with Gasteiger partial charge in [0.15, 0.2) is 0 Å². The monoisotopic (exact) mass is 436 g/mol. The molecular weight excluding hydrogens is 413 g/mol. The number of pyridine rings is 1. The van der Waals surface area contributed by atoms with E-state index in [1.54, 1.807) is 6.92 Å². The highest BCUT2D eigenvalue weighted by atomic mass is 19.4. The van der Waals surface area contributed by atoms with Crippen molar-refractivity contribution in [1.29, 1.82) is 0 Å². The SMILES string of the molecule is CCN(Cc1c(-c2cc(CC(=O)O)cnc2OC)cccc1C(F)(F)F)C(=O)C1CC1. The van der Waals surface area contributed by atoms with Crippen molar-refractivity contribution in [3.8, 4) is 17.0 Å². The molecule has 1 amide bonds. The summed E-state index contributed by atoms with van der Waals surface area (Å²) in [6.45, 7) is 1.78. The fourth-order valence-corrected chi connectivity index (χ4v) is 3.52. The Kier molecular flexibility index (Phi) is 6.52. The number of hydrogen-bond donors (Lipinski definition) is 1. The first kappa shape index (κ1) is 22.6. The molecule has 1 fully saturated rings. The van der Waals surface area contributed by atoms with Crippen molar-refractivity contribution in [2.75, 3.05) is 13.7 Å². The lowest BCUT2D eigenvalue weighted by atomic mass is 9.94. The first-order valence-corrected chi connectivity index (χ1v) is 9.88. The Hall–Kier alpha value is -3.10. The molecule has 6 nitrogen and oxygen atoms in total. The van der Waals surface area contributed by atoms with E-state index in [0.717, 1.165) is 18.9 Å². The van der Waals surface area contributed by atoms with Crippen LogP contribution in [0.5, 0.6) is 5.88 Å². The third-order valence-corrected chi connectivity index (χ3v) is 5.20. The van der Waals surface area contributed by atoms with Crippen LogP contribution < -0.4 is 4.74 Å². The Balaban J connectivity index is 2.16. The predicted octanol–water partition coefficient (Wildman–Crippen LogP) is 4.16. The fraction of sp³-hybridized carbons (Fsp3) is 0.409. The van der Waals surface area contributed by atoms with Crippen molar-refractivity contribution in [2.45, 2.75) is 38.9 Å². The number of alkyl halides is 3. The molecule has 1 heterocycles. The summed E-state index contributed by atoms with van der Waals surface area (Å²) in [4.78, 5) is 29.2. The smallest absolute Gasteiger partial charge is 0.416 e. The average Bonchev–Trinajstić information content (AvgIpc) is 3.55. The van der Waals surface area contributed by atoms with Crippen LogP contribution in [-0.2, 0) is 28.7 Å². The van der Waals surface area contributed by atoms with Crippen molar-refractivity contribution in [3.05, 3.63) is 47.2 Å². The standard InChI is InChI=1S/C22H23F3N2O4/c1-3-27(21(30)14-7-8-14)12-17-15(5-4-6-18(17)22(23,24)25)16-9-13(10-19(28)29)11-26-20(16)31-2/h4-6,9,11,14H,3,7-8,10,12H2,1-2H3,(H,28,29). The molecule has 0 spiro atoms. The largest absolute Gasteiger partial charge is 0.481 e. The van der Waals surface area contributed by atoms with Gasteiger partial charge in [0.25, 0.3) is 0 Å². The summed E-state index contributed by atoms with van der Waals surface area (Å²) in [5.41, 5.74) is -0.144. The molecule has 0 bridgehead atoms. The summed E-state index contributed by atoms with van der Waals surface area (Å²) in [5.74, 6) is -1.30. The zero-order valence-electron chi connectivity index (χ0n) is 17.2. The maximum atomic E-state index is 13.9. The van der Waals surface area contributed by atoms with Crippen LogP contribution in [0.1, 0.15) is 36.5 Å². The van der Waals surface area contributed by atoms with Crippen LogP contribution in [0.4, 0.5) is 13.2 Å². The van der Waals surface area contributed by atoms with E-state index in [0.29, 0.717) is 5.56 Å². The van der Waals surface area contributed by atoms with Crippen LogP contribution in [0, 0.1) is 5.92 Å². The molecule has 0 saturated heterocycles. The first-order valence-electron chi connectivity index (χ1n) is 9.88. The van der Waals surface area contributed by atoms with Gasteiger partial charge in [-0.3, -0.25) is 9.59 Å². The van der Waals surface area contributed by atoms with Crippen molar-refractivity contribution < 1.29 is 32.6 Å². The Morgan fingerprint density at radius 2 is 1.97 bits per heavy atom. The van der Waals surface area contributed by atoms with E-state index in [-0.39, 0.29) is 53.9 Å². The van der Waals surface area contributed by atoms with Crippen molar-refractivity contribution in [3.63, 3.8) is 0 Å². The van der Waals surface area contributed by atoms with Crippen molar-refractivity contribution in [1.82, 2.24) is 9.88 Å². The van der Waals surface area contributed by atoms with Gasteiger partial charge in [-0.1, -0.05) is 12.1 Å². The lowest BCUT2D eigenvalue weighted by Crippen LogP contribution is -2.32. The molecule has 2 aromatic rings. The molecule has 3 rings (SSSR count). The van der Waals surface area contributed by atoms with Gasteiger partial charge in [-0.05, 0) is 48.6 Å². The third kappa shape index (κ3) is 5.15. The number of carbonyl (C=O) groups excluding carboxylic acids is 1. The Morgan fingerprint density at radius 1 is 1.26 bits per heavy atom. The van der Waals surface area contributed by atoms with Crippen molar-refractivity contribution >= 4 is 11.9 Å². The van der Waals surface area contributed by atoms with Gasteiger partial charge in [0.2, 0.25) is 11.8 Å². The number of carboxylic acids is 1. The molecule has 1 aliphatic rings. The number of aliphatic carboxylic acids is 1. The molecule has 0 radical (unpaired) electrons. The molecule has 0 atom stereocenters. The third-order valence-electron chi connectivity index (χ3n) is 5.20. The summed E-state index contributed by atoms with van der Waals surface area (Å²) in [6, 6.07) is 5.24. The summed E-state index contributed by atoms with van der Waals surface area (Å²) >= 11 is 0. The number of hydrogen-bond acceptors (Lipinski definition) is 4. The van der Waals surface area contributed by atoms with E-state index in [1.165, 1.54) is 36.4 Å². The topological polar surface area (TPSA) is 79.7 Å². The highest BCUT2D eigenvalue weighted by molar-refractivity contribution is 5.82. The summed E-state index contributed by atoms with van der Waals surface area (Å²) in [6.07, 6.45) is -2.15. The second-order valence-electron chi connectivity index (χ2n) is 7.43. The minimum atomic E-state index is -4.63. The van der Waals surface area contributed by atoms with Gasteiger partial charge in [0.1, 0.15) is 0 Å². The zero-order chi connectivity index (χ0) is 22.8. The number of halogens is 3. The van der Waals surface area contributed by atoms with E-state index in [2.05, 4.69) is 4.98 Å². The second-order valence-corrected chi connectivity index (χ2v) is 7.43. The second kappa shape index (κ2) is 8.95. The molecule has 9 heteroatoms. The quantitative estimate of drug-likeness (QED) is 0.672. The average molecular weight is 436 g/mol. The van der Waals surface area contributed by atoms with Gasteiger partial charge in [0.05, 0.1) is 19.1 Å². The summed E-state index contributed by atoms with van der Waals surface area (Å²) < 4.78 is 46.9. The summed E-state index contributed by atoms with van der Waals surface area (Å²) in [5, 5.41) is 9.08. The molecule has 0 unspecified atom stereocenters. The fourth-order valence-electron chi connectivity index (χ4n) is 3.52. The summed E-state index contributed by atoms with van der Waals surface area (Å²) in [7, 11) is 1.34. The van der Waals surface area contributed by atoms with Gasteiger partial charge in [0, 0.05) is 30.8 Å². The van der Waals surface area contributed by atoms with Gasteiger partial charge >= 0.3 is 12.1 Å². The molecule has 166 valence electrons. The lowest BCUT2D eigenvalue weighted by molar-refractivity contribution is -0.140. The van der Waals surface area contributed by atoms with Crippen LogP contribution in [0.2, 0.25) is 0 Å². The maximum absolute atomic E-state index is 13.9. The Labute approximate surface area is 177 Å². The number of amides is 1. The molecule has 0 aliphatic heterocycles. The number of benzene rings is 1. The van der Waals surface area contributed by atoms with Gasteiger partial charge in [-0.25, -0.2) is 4.98 Å². The van der Waals surface area contributed by atoms with E-state index >= 15 is 0 Å². The number of carboxylic acid groups (broad SMARTS) is 1. The van der Waals surface area contributed by atoms with E-state index in [4.69, 9.17) is 9.84 Å². The van der Waals surface area contributed by atoms with Crippen LogP contribution >= 0.6 is 0 Å². The van der Waals surface area contributed by atoms with Crippen LogP contribution in [0.15, 0.2) is 30.5 Å². The Morgan fingerprint density at radius 3 is 2.52 bits per heavy atom. The van der Waals surface area contributed by atoms with E-state index in [9.17, 15) is 22.8 Å². The first-order chi connectivity index (χ1) is 14.7. The molecule has 1 aromatic carbocycles. The minimum Gasteiger partial charge on any atom is -0.481 e. The van der Waals surface area contributed by atoms with Crippen LogP contribution in [-0.4, -0.2) is 40.5 Å². The van der Waals surface area contributed by atoms with E-state index in [1.807, 2.05) is 0 Å². The van der Waals surface area contributed by atoms with E-state index < -0.39 is 17.7 Å².